The molecule has 2 aromatic heterocycles. The van der Waals surface area contributed by atoms with Gasteiger partial charge in [-0.05, 0) is 43.2 Å². The number of aromatic hydroxyl groups is 1. The third kappa shape index (κ3) is 3.61. The van der Waals surface area contributed by atoms with Gasteiger partial charge in [-0.15, -0.1) is 0 Å². The van der Waals surface area contributed by atoms with Gasteiger partial charge < -0.3 is 15.5 Å². The number of hydrogen-bond donors (Lipinski definition) is 3. The fraction of sp³-hybridized carbons (Fsp3) is 0.238. The molecule has 7 nitrogen and oxygen atoms in total. The zero-order valence-corrected chi connectivity index (χ0v) is 15.5. The minimum Gasteiger partial charge on any atom is -0.507 e. The van der Waals surface area contributed by atoms with Gasteiger partial charge in [0.2, 0.25) is 5.95 Å². The van der Waals surface area contributed by atoms with E-state index in [0.717, 1.165) is 19.3 Å². The van der Waals surface area contributed by atoms with Crippen LogP contribution >= 0.6 is 0 Å². The summed E-state index contributed by atoms with van der Waals surface area (Å²) in [6.07, 6.45) is 7.29. The molecular weight excluding hydrogens is 375 g/mol. The average Bonchev–Trinajstić information content (AvgIpc) is 2.69. The van der Waals surface area contributed by atoms with Crippen molar-refractivity contribution in [3.8, 4) is 16.9 Å². The highest BCUT2D eigenvalue weighted by molar-refractivity contribution is 5.90. The molecule has 1 aliphatic carbocycles. The van der Waals surface area contributed by atoms with E-state index in [4.69, 9.17) is 5.11 Å². The number of carboxylic acids is 1. The molecule has 3 aromatic rings. The molecule has 148 valence electrons. The predicted octanol–water partition coefficient (Wildman–Crippen LogP) is 3.62. The van der Waals surface area contributed by atoms with Crippen LogP contribution in [0.25, 0.3) is 11.1 Å². The van der Waals surface area contributed by atoms with Crippen LogP contribution in [0.15, 0.2) is 48.9 Å². The summed E-state index contributed by atoms with van der Waals surface area (Å²) in [4.78, 5) is 23.9. The Morgan fingerprint density at radius 3 is 2.55 bits per heavy atom. The van der Waals surface area contributed by atoms with Gasteiger partial charge >= 0.3 is 5.97 Å². The second kappa shape index (κ2) is 7.46. The Kier molecular flexibility index (Phi) is 4.84. The number of carboxylic acid groups (broad SMARTS) is 1. The molecule has 0 saturated heterocycles. The van der Waals surface area contributed by atoms with E-state index < -0.39 is 5.97 Å². The summed E-state index contributed by atoms with van der Waals surface area (Å²) in [5.41, 5.74) is 0.976. The molecule has 0 bridgehead atoms. The number of rotatable bonds is 6. The van der Waals surface area contributed by atoms with Gasteiger partial charge in [0, 0.05) is 41.7 Å². The van der Waals surface area contributed by atoms with Crippen LogP contribution in [0.1, 0.15) is 35.3 Å². The van der Waals surface area contributed by atoms with Crippen molar-refractivity contribution >= 4 is 11.9 Å². The number of phenols is 1. The number of hydrogen-bond acceptors (Lipinski definition) is 6. The summed E-state index contributed by atoms with van der Waals surface area (Å²) in [5, 5.41) is 22.3. The largest absolute Gasteiger partial charge is 0.507 e. The first-order valence-electron chi connectivity index (χ1n) is 9.22. The van der Waals surface area contributed by atoms with Crippen molar-refractivity contribution in [1.29, 1.82) is 0 Å². The van der Waals surface area contributed by atoms with E-state index in [0.29, 0.717) is 29.3 Å². The van der Waals surface area contributed by atoms with Crippen LogP contribution in [0.4, 0.5) is 10.3 Å². The van der Waals surface area contributed by atoms with Crippen molar-refractivity contribution in [2.75, 3.05) is 11.9 Å². The Bertz CT molecular complexity index is 1050. The molecule has 1 fully saturated rings. The molecule has 1 aromatic carbocycles. The smallest absolute Gasteiger partial charge is 0.335 e. The number of nitrogens with one attached hydrogen (secondary N) is 1. The number of aromatic carboxylic acids is 1. The summed E-state index contributed by atoms with van der Waals surface area (Å²) >= 11 is 0. The third-order valence-corrected chi connectivity index (χ3v) is 5.36. The monoisotopic (exact) mass is 394 g/mol. The number of carbonyl (C=O) groups is 1. The Balaban J connectivity index is 1.51. The molecule has 0 atom stereocenters. The number of pyridine rings is 1. The molecule has 0 spiro atoms. The Morgan fingerprint density at radius 2 is 1.93 bits per heavy atom. The van der Waals surface area contributed by atoms with Gasteiger partial charge in [0.05, 0.1) is 11.3 Å². The van der Waals surface area contributed by atoms with Crippen LogP contribution in [0, 0.1) is 5.82 Å². The molecule has 0 radical (unpaired) electrons. The Hall–Kier alpha value is -3.55. The number of aromatic nitrogens is 3. The van der Waals surface area contributed by atoms with Gasteiger partial charge in [-0.25, -0.2) is 19.2 Å². The van der Waals surface area contributed by atoms with Crippen molar-refractivity contribution in [2.24, 2.45) is 0 Å². The van der Waals surface area contributed by atoms with E-state index in [9.17, 15) is 14.3 Å². The predicted molar refractivity (Wildman–Crippen MR) is 104 cm³/mol. The van der Waals surface area contributed by atoms with E-state index in [1.54, 1.807) is 12.3 Å². The lowest BCUT2D eigenvalue weighted by Crippen LogP contribution is -2.42. The molecule has 1 aliphatic rings. The van der Waals surface area contributed by atoms with Crippen LogP contribution in [0.5, 0.6) is 5.75 Å². The van der Waals surface area contributed by atoms with Crippen LogP contribution in [0.2, 0.25) is 0 Å². The van der Waals surface area contributed by atoms with Gasteiger partial charge in [-0.1, -0.05) is 6.42 Å². The van der Waals surface area contributed by atoms with Crippen molar-refractivity contribution < 1.29 is 19.4 Å². The standard InChI is InChI=1S/C21H19FN4O3/c22-16-3-1-8-23-18(16)21(6-2-7-21)12-26-20-24-10-14(11-25-20)15-9-13(19(28)29)4-5-17(15)27/h1,3-5,8-11,27H,2,6-7,12H2,(H,28,29)(H,24,25,26). The first kappa shape index (κ1) is 18.8. The molecule has 8 heteroatoms. The highest BCUT2D eigenvalue weighted by atomic mass is 19.1. The summed E-state index contributed by atoms with van der Waals surface area (Å²) in [6, 6.07) is 7.02. The normalized spacial score (nSPS) is 14.8. The first-order chi connectivity index (χ1) is 14.0. The molecule has 4 rings (SSSR count). The maximum absolute atomic E-state index is 14.2. The number of halogens is 1. The zero-order chi connectivity index (χ0) is 20.4. The van der Waals surface area contributed by atoms with Crippen LogP contribution < -0.4 is 5.32 Å². The van der Waals surface area contributed by atoms with Crippen LogP contribution in [-0.4, -0.2) is 37.7 Å². The first-order valence-corrected chi connectivity index (χ1v) is 9.22. The van der Waals surface area contributed by atoms with E-state index in [-0.39, 0.29) is 22.5 Å². The maximum atomic E-state index is 14.2. The van der Waals surface area contributed by atoms with E-state index in [2.05, 4.69) is 20.3 Å². The van der Waals surface area contributed by atoms with Gasteiger partial charge in [0.15, 0.2) is 0 Å². The van der Waals surface area contributed by atoms with Crippen molar-refractivity contribution in [2.45, 2.75) is 24.7 Å². The summed E-state index contributed by atoms with van der Waals surface area (Å²) in [6.45, 7) is 0.458. The zero-order valence-electron chi connectivity index (χ0n) is 15.5. The highest BCUT2D eigenvalue weighted by Crippen LogP contribution is 2.43. The van der Waals surface area contributed by atoms with Crippen molar-refractivity contribution in [3.63, 3.8) is 0 Å². The number of nitrogens with zero attached hydrogens (tertiary/aromatic N) is 3. The second-order valence-electron chi connectivity index (χ2n) is 7.15. The molecule has 0 unspecified atom stereocenters. The van der Waals surface area contributed by atoms with Gasteiger partial charge in [-0.2, -0.15) is 0 Å². The molecule has 0 aliphatic heterocycles. The van der Waals surface area contributed by atoms with E-state index >= 15 is 0 Å². The minimum atomic E-state index is -1.09. The van der Waals surface area contributed by atoms with E-state index in [1.165, 1.54) is 36.7 Å². The van der Waals surface area contributed by atoms with E-state index in [1.807, 2.05) is 0 Å². The summed E-state index contributed by atoms with van der Waals surface area (Å²) in [5.74, 6) is -1.08. The number of phenolic OH excluding ortho intramolecular Hbond substituents is 1. The quantitative estimate of drug-likeness (QED) is 0.586. The lowest BCUT2D eigenvalue weighted by Gasteiger charge is -2.41. The second-order valence-corrected chi connectivity index (χ2v) is 7.15. The molecule has 0 amide bonds. The molecule has 29 heavy (non-hydrogen) atoms. The minimum absolute atomic E-state index is 0.0571. The molecule has 2 heterocycles. The van der Waals surface area contributed by atoms with Crippen LogP contribution in [0.3, 0.4) is 0 Å². The van der Waals surface area contributed by atoms with Gasteiger partial charge in [0.25, 0.3) is 0 Å². The van der Waals surface area contributed by atoms with Gasteiger partial charge in [0.1, 0.15) is 11.6 Å². The summed E-state index contributed by atoms with van der Waals surface area (Å²) in [7, 11) is 0. The van der Waals surface area contributed by atoms with Crippen molar-refractivity contribution in [1.82, 2.24) is 15.0 Å². The Labute approximate surface area is 166 Å². The SMILES string of the molecule is O=C(O)c1ccc(O)c(-c2cnc(NCC3(c4ncccc4F)CCC3)nc2)c1. The molecular formula is C21H19FN4O3. The van der Waals surface area contributed by atoms with Crippen LogP contribution in [-0.2, 0) is 5.41 Å². The van der Waals surface area contributed by atoms with Crippen molar-refractivity contribution in [3.05, 3.63) is 66.0 Å². The lowest BCUT2D eigenvalue weighted by atomic mass is 9.66. The topological polar surface area (TPSA) is 108 Å². The number of benzene rings is 1. The third-order valence-electron chi connectivity index (χ3n) is 5.36. The average molecular weight is 394 g/mol. The fourth-order valence-electron chi connectivity index (χ4n) is 3.58. The summed E-state index contributed by atoms with van der Waals surface area (Å²) < 4.78 is 14.2. The highest BCUT2D eigenvalue weighted by Gasteiger charge is 2.41. The van der Waals surface area contributed by atoms with Gasteiger partial charge in [-0.3, -0.25) is 4.98 Å². The molecule has 3 N–H and O–H groups in total. The molecule has 1 saturated carbocycles. The lowest BCUT2D eigenvalue weighted by molar-refractivity contribution is 0.0697. The Morgan fingerprint density at radius 1 is 1.17 bits per heavy atom. The number of anilines is 1. The maximum Gasteiger partial charge on any atom is 0.335 e. The fourth-order valence-corrected chi connectivity index (χ4v) is 3.58.